The van der Waals surface area contributed by atoms with Gasteiger partial charge in [0, 0.05) is 18.4 Å². The quantitative estimate of drug-likeness (QED) is 0.278. The molecule has 0 aliphatic rings. The van der Waals surface area contributed by atoms with E-state index in [9.17, 15) is 4.79 Å². The van der Waals surface area contributed by atoms with E-state index in [1.165, 1.54) is 0 Å². The van der Waals surface area contributed by atoms with E-state index in [4.69, 9.17) is 22.1 Å². The number of carbonyl (C=O) groups is 1. The number of esters is 1. The Kier molecular flexibility index (Phi) is 7.89. The van der Waals surface area contributed by atoms with Crippen LogP contribution in [0, 0.1) is 0 Å². The maximum atomic E-state index is 12.4. The number of halogens is 1. The van der Waals surface area contributed by atoms with Crippen molar-refractivity contribution in [1.29, 1.82) is 0 Å². The first-order valence-corrected chi connectivity index (χ1v) is 12.0. The molecule has 0 aliphatic carbocycles. The highest BCUT2D eigenvalue weighted by atomic mass is 35.5. The molecular formula is C25H28ClN7O2. The molecule has 9 nitrogen and oxygen atoms in total. The number of aromatic nitrogens is 6. The fourth-order valence-electron chi connectivity index (χ4n) is 3.80. The van der Waals surface area contributed by atoms with E-state index in [-0.39, 0.29) is 5.15 Å². The van der Waals surface area contributed by atoms with Gasteiger partial charge in [-0.25, -0.2) is 4.98 Å². The third-order valence-electron chi connectivity index (χ3n) is 5.63. The number of nitrogens with zero attached hydrogens (tertiary/aromatic N) is 4. The fourth-order valence-corrected chi connectivity index (χ4v) is 4.07. The zero-order valence-electron chi connectivity index (χ0n) is 19.7. The average Bonchev–Trinajstić information content (AvgIpc) is 3.52. The number of imidazole rings is 1. The van der Waals surface area contributed by atoms with Crippen molar-refractivity contribution in [2.75, 3.05) is 0 Å². The average molecular weight is 494 g/mol. The van der Waals surface area contributed by atoms with Crippen molar-refractivity contribution in [2.45, 2.75) is 51.7 Å². The predicted octanol–water partition coefficient (Wildman–Crippen LogP) is 4.43. The Hall–Kier alpha value is -3.56. The van der Waals surface area contributed by atoms with E-state index in [0.717, 1.165) is 47.3 Å². The Balaban J connectivity index is 1.70. The molecule has 0 unspecified atom stereocenters. The van der Waals surface area contributed by atoms with Crippen molar-refractivity contribution in [3.63, 3.8) is 0 Å². The molecule has 0 fully saturated rings. The zero-order chi connectivity index (χ0) is 24.8. The molecule has 182 valence electrons. The van der Waals surface area contributed by atoms with Gasteiger partial charge in [-0.15, -0.1) is 10.2 Å². The highest BCUT2D eigenvalue weighted by Crippen LogP contribution is 2.33. The van der Waals surface area contributed by atoms with Crippen LogP contribution in [-0.2, 0) is 22.4 Å². The summed E-state index contributed by atoms with van der Waals surface area (Å²) in [6, 6.07) is 15.2. The number of ether oxygens (including phenoxy) is 1. The van der Waals surface area contributed by atoms with Crippen LogP contribution in [0.5, 0.6) is 0 Å². The van der Waals surface area contributed by atoms with Gasteiger partial charge in [-0.1, -0.05) is 67.4 Å². The minimum Gasteiger partial charge on any atom is -0.454 e. The second kappa shape index (κ2) is 11.2. The van der Waals surface area contributed by atoms with E-state index in [1.807, 2.05) is 48.5 Å². The zero-order valence-corrected chi connectivity index (χ0v) is 20.4. The first kappa shape index (κ1) is 24.6. The van der Waals surface area contributed by atoms with Crippen LogP contribution in [0.4, 0.5) is 0 Å². The Morgan fingerprint density at radius 3 is 2.66 bits per heavy atom. The molecule has 2 atom stereocenters. The van der Waals surface area contributed by atoms with Gasteiger partial charge in [-0.05, 0) is 41.3 Å². The number of nitrogens with two attached hydrogens (primary N) is 1. The van der Waals surface area contributed by atoms with Crippen molar-refractivity contribution in [1.82, 2.24) is 30.6 Å². The lowest BCUT2D eigenvalue weighted by Crippen LogP contribution is -2.30. The molecule has 0 saturated carbocycles. The Morgan fingerprint density at radius 2 is 1.97 bits per heavy atom. The Labute approximate surface area is 208 Å². The first-order valence-electron chi connectivity index (χ1n) is 11.6. The van der Waals surface area contributed by atoms with Crippen LogP contribution in [0.1, 0.15) is 49.9 Å². The molecule has 2 aromatic heterocycles. The molecule has 2 heterocycles. The molecule has 0 saturated heterocycles. The van der Waals surface area contributed by atoms with Crippen LogP contribution < -0.4 is 5.73 Å². The summed E-state index contributed by atoms with van der Waals surface area (Å²) in [5, 5.41) is 14.9. The normalized spacial score (nSPS) is 12.9. The standard InChI is InChI=1S/C25H28ClN7O2/c1-3-4-10-21-28-22(23(26)29-21)20(35-25(34)15(2)27)14-16-11-12-18(17-8-6-5-7-9-17)19(13-16)24-30-32-33-31-24/h5-9,11-13,15,20H,3-4,10,14,27H2,1-2H3,(H,28,29)(H,30,31,32,33)/t15-,20-/m1/s1. The van der Waals surface area contributed by atoms with Gasteiger partial charge in [0.1, 0.15) is 18.0 Å². The van der Waals surface area contributed by atoms with Crippen molar-refractivity contribution >= 4 is 17.6 Å². The van der Waals surface area contributed by atoms with Gasteiger partial charge in [-0.2, -0.15) is 5.21 Å². The van der Waals surface area contributed by atoms with Crippen LogP contribution in [0.2, 0.25) is 5.15 Å². The van der Waals surface area contributed by atoms with Crippen LogP contribution >= 0.6 is 11.6 Å². The smallest absolute Gasteiger partial charge is 0.323 e. The molecule has 0 bridgehead atoms. The summed E-state index contributed by atoms with van der Waals surface area (Å²) in [5.74, 6) is 0.715. The van der Waals surface area contributed by atoms with Crippen molar-refractivity contribution in [2.24, 2.45) is 5.73 Å². The number of benzene rings is 2. The number of aromatic amines is 2. The summed E-state index contributed by atoms with van der Waals surface area (Å²) in [4.78, 5) is 20.1. The largest absolute Gasteiger partial charge is 0.454 e. The van der Waals surface area contributed by atoms with Crippen LogP contribution in [-0.4, -0.2) is 42.6 Å². The highest BCUT2D eigenvalue weighted by Gasteiger charge is 2.25. The first-order chi connectivity index (χ1) is 17.0. The lowest BCUT2D eigenvalue weighted by atomic mass is 9.95. The lowest BCUT2D eigenvalue weighted by Gasteiger charge is -2.19. The van der Waals surface area contributed by atoms with E-state index in [2.05, 4.69) is 37.5 Å². The van der Waals surface area contributed by atoms with Crippen LogP contribution in [0.25, 0.3) is 22.5 Å². The van der Waals surface area contributed by atoms with Gasteiger partial charge in [0.25, 0.3) is 0 Å². The molecule has 0 radical (unpaired) electrons. The van der Waals surface area contributed by atoms with Gasteiger partial charge >= 0.3 is 5.97 Å². The monoisotopic (exact) mass is 493 g/mol. The molecule has 0 aliphatic heterocycles. The van der Waals surface area contributed by atoms with E-state index >= 15 is 0 Å². The number of H-pyrrole nitrogens is 2. The van der Waals surface area contributed by atoms with Gasteiger partial charge in [0.2, 0.25) is 5.82 Å². The predicted molar refractivity (Wildman–Crippen MR) is 133 cm³/mol. The minimum atomic E-state index is -0.769. The second-order valence-corrected chi connectivity index (χ2v) is 8.75. The Morgan fingerprint density at radius 1 is 1.17 bits per heavy atom. The molecule has 4 aromatic rings. The number of unbranched alkanes of at least 4 members (excludes halogenated alkanes) is 1. The van der Waals surface area contributed by atoms with Crippen molar-refractivity contribution in [3.05, 3.63) is 70.8 Å². The summed E-state index contributed by atoms with van der Waals surface area (Å²) < 4.78 is 5.78. The molecule has 0 spiro atoms. The van der Waals surface area contributed by atoms with Crippen LogP contribution in [0.3, 0.4) is 0 Å². The fraction of sp³-hybridized carbons (Fsp3) is 0.320. The molecule has 10 heteroatoms. The summed E-state index contributed by atoms with van der Waals surface area (Å²) in [6.07, 6.45) is 2.43. The van der Waals surface area contributed by atoms with E-state index in [0.29, 0.717) is 17.9 Å². The van der Waals surface area contributed by atoms with Gasteiger partial charge in [0.05, 0.1) is 5.69 Å². The minimum absolute atomic E-state index is 0.290. The maximum absolute atomic E-state index is 12.4. The lowest BCUT2D eigenvalue weighted by molar-refractivity contribution is -0.150. The highest BCUT2D eigenvalue weighted by molar-refractivity contribution is 6.30. The van der Waals surface area contributed by atoms with Crippen molar-refractivity contribution in [3.8, 4) is 22.5 Å². The number of hydrogen-bond donors (Lipinski definition) is 3. The number of nitrogens with one attached hydrogen (secondary N) is 2. The van der Waals surface area contributed by atoms with Gasteiger partial charge in [-0.3, -0.25) is 4.79 Å². The summed E-state index contributed by atoms with van der Waals surface area (Å²) in [7, 11) is 0. The van der Waals surface area contributed by atoms with E-state index < -0.39 is 18.1 Å². The Bertz CT molecular complexity index is 1260. The molecule has 4 rings (SSSR count). The number of tetrazole rings is 1. The summed E-state index contributed by atoms with van der Waals surface area (Å²) >= 11 is 6.47. The molecule has 2 aromatic carbocycles. The molecule has 0 amide bonds. The van der Waals surface area contributed by atoms with Gasteiger partial charge < -0.3 is 15.5 Å². The summed E-state index contributed by atoms with van der Waals surface area (Å²) in [6.45, 7) is 3.70. The molecular weight excluding hydrogens is 466 g/mol. The van der Waals surface area contributed by atoms with Crippen molar-refractivity contribution < 1.29 is 9.53 Å². The number of carbonyl (C=O) groups excluding carboxylic acids is 1. The molecule has 4 N–H and O–H groups in total. The maximum Gasteiger partial charge on any atom is 0.323 e. The third kappa shape index (κ3) is 5.93. The van der Waals surface area contributed by atoms with Crippen LogP contribution in [0.15, 0.2) is 48.5 Å². The number of rotatable bonds is 10. The second-order valence-electron chi connectivity index (χ2n) is 8.39. The summed E-state index contributed by atoms with van der Waals surface area (Å²) in [5.41, 5.74) is 10.0. The molecule has 35 heavy (non-hydrogen) atoms. The topological polar surface area (TPSA) is 135 Å². The van der Waals surface area contributed by atoms with E-state index in [1.54, 1.807) is 6.92 Å². The third-order valence-corrected chi connectivity index (χ3v) is 5.92. The number of aryl methyl sites for hydroxylation is 1. The number of hydrogen-bond acceptors (Lipinski definition) is 7. The SMILES string of the molecule is CCCCc1nc(Cl)c([C@@H](Cc2ccc(-c3ccccc3)c(-c3nn[nH]n3)c2)OC(=O)[C@@H](C)N)[nH]1. The van der Waals surface area contributed by atoms with Gasteiger partial charge in [0.15, 0.2) is 5.15 Å².